The van der Waals surface area contributed by atoms with Gasteiger partial charge >= 0.3 is 0 Å². The summed E-state index contributed by atoms with van der Waals surface area (Å²) in [5.74, 6) is 1.21. The highest BCUT2D eigenvalue weighted by atomic mass is 35.5. The van der Waals surface area contributed by atoms with Gasteiger partial charge in [0, 0.05) is 22.7 Å². The van der Waals surface area contributed by atoms with Crippen molar-refractivity contribution in [2.24, 2.45) is 5.92 Å². The molecule has 2 heterocycles. The van der Waals surface area contributed by atoms with Crippen LogP contribution in [-0.4, -0.2) is 26.8 Å². The summed E-state index contributed by atoms with van der Waals surface area (Å²) >= 11 is 7.52. The van der Waals surface area contributed by atoms with Crippen LogP contribution in [0.4, 0.5) is 5.95 Å². The Morgan fingerprint density at radius 3 is 2.75 bits per heavy atom. The molecule has 0 saturated heterocycles. The second-order valence-electron chi connectivity index (χ2n) is 6.27. The molecule has 5 nitrogen and oxygen atoms in total. The minimum Gasteiger partial charge on any atom is -0.328 e. The maximum atomic E-state index is 12.8. The molecule has 4 rings (SSSR count). The second kappa shape index (κ2) is 5.93. The van der Waals surface area contributed by atoms with E-state index in [2.05, 4.69) is 22.3 Å². The number of allylic oxidation sites excluding steroid dienone is 2. The number of anilines is 1. The normalized spacial score (nSPS) is 22.9. The van der Waals surface area contributed by atoms with Gasteiger partial charge in [-0.1, -0.05) is 42.4 Å². The summed E-state index contributed by atoms with van der Waals surface area (Å²) in [6.45, 7) is 2.10. The largest absolute Gasteiger partial charge is 0.328 e. The lowest BCUT2D eigenvalue weighted by atomic mass is 9.81. The number of ketones is 1. The third-order valence-electron chi connectivity index (χ3n) is 4.47. The number of rotatable bonds is 2. The number of fused-ring (bicyclic) bond motifs is 1. The molecular weight excluding hydrogens is 344 g/mol. The Morgan fingerprint density at radius 1 is 1.29 bits per heavy atom. The lowest BCUT2D eigenvalue weighted by Gasteiger charge is -2.34. The number of hydrogen-bond donors (Lipinski definition) is 1. The molecule has 2 aromatic rings. The summed E-state index contributed by atoms with van der Waals surface area (Å²) in [7, 11) is 0. The van der Waals surface area contributed by atoms with Crippen LogP contribution in [0.3, 0.4) is 0 Å². The summed E-state index contributed by atoms with van der Waals surface area (Å²) in [5.41, 5.74) is 2.78. The van der Waals surface area contributed by atoms with Gasteiger partial charge in [-0.25, -0.2) is 4.68 Å². The van der Waals surface area contributed by atoms with E-state index in [1.807, 2.05) is 35.2 Å². The van der Waals surface area contributed by atoms with E-state index in [1.165, 1.54) is 11.8 Å². The van der Waals surface area contributed by atoms with Crippen molar-refractivity contribution in [3.05, 3.63) is 46.1 Å². The summed E-state index contributed by atoms with van der Waals surface area (Å²) in [6, 6.07) is 7.36. The van der Waals surface area contributed by atoms with Gasteiger partial charge in [-0.3, -0.25) is 4.79 Å². The van der Waals surface area contributed by atoms with E-state index in [4.69, 9.17) is 11.6 Å². The van der Waals surface area contributed by atoms with Gasteiger partial charge in [-0.05, 0) is 36.3 Å². The van der Waals surface area contributed by atoms with Crippen molar-refractivity contribution in [3.63, 3.8) is 0 Å². The van der Waals surface area contributed by atoms with E-state index in [0.29, 0.717) is 28.5 Å². The van der Waals surface area contributed by atoms with Gasteiger partial charge in [0.2, 0.25) is 11.1 Å². The molecule has 24 heavy (non-hydrogen) atoms. The van der Waals surface area contributed by atoms with Crippen molar-refractivity contribution in [3.8, 4) is 0 Å². The van der Waals surface area contributed by atoms with E-state index in [0.717, 1.165) is 23.3 Å². The minimum atomic E-state index is -0.248. The molecule has 0 saturated carbocycles. The molecular formula is C17H17ClN4OS. The van der Waals surface area contributed by atoms with Gasteiger partial charge in [0.05, 0.1) is 0 Å². The fourth-order valence-corrected chi connectivity index (χ4v) is 3.90. The number of benzene rings is 1. The van der Waals surface area contributed by atoms with Crippen LogP contribution >= 0.6 is 23.4 Å². The average molecular weight is 361 g/mol. The Balaban J connectivity index is 1.90. The Hall–Kier alpha value is -1.79. The first-order chi connectivity index (χ1) is 11.6. The minimum absolute atomic E-state index is 0.183. The number of nitrogens with zero attached hydrogens (tertiary/aromatic N) is 3. The SMILES string of the molecule is CSc1nc2n(n1)[C@@H](c1ccc(Cl)cc1)C1=C(C[C@H](C)CC1=O)N2. The fraction of sp³-hybridized carbons (Fsp3) is 0.353. The van der Waals surface area contributed by atoms with Gasteiger partial charge in [0.1, 0.15) is 6.04 Å². The number of thioether (sulfide) groups is 1. The molecule has 0 amide bonds. The predicted octanol–water partition coefficient (Wildman–Crippen LogP) is 3.92. The van der Waals surface area contributed by atoms with Crippen LogP contribution in [-0.2, 0) is 4.79 Å². The van der Waals surface area contributed by atoms with Crippen molar-refractivity contribution in [1.82, 2.24) is 14.8 Å². The molecule has 1 aromatic heterocycles. The second-order valence-corrected chi connectivity index (χ2v) is 7.48. The molecule has 1 N–H and O–H groups in total. The molecule has 0 unspecified atom stereocenters. The van der Waals surface area contributed by atoms with Gasteiger partial charge < -0.3 is 5.32 Å². The Bertz CT molecular complexity index is 843. The molecule has 1 aromatic carbocycles. The van der Waals surface area contributed by atoms with Crippen molar-refractivity contribution in [1.29, 1.82) is 0 Å². The number of hydrogen-bond acceptors (Lipinski definition) is 5. The Labute approximate surface area is 149 Å². The zero-order valence-electron chi connectivity index (χ0n) is 13.4. The number of carbonyl (C=O) groups is 1. The predicted molar refractivity (Wildman–Crippen MR) is 95.4 cm³/mol. The summed E-state index contributed by atoms with van der Waals surface area (Å²) < 4.78 is 1.82. The number of halogens is 1. The van der Waals surface area contributed by atoms with Crippen LogP contribution in [0.5, 0.6) is 0 Å². The van der Waals surface area contributed by atoms with Crippen molar-refractivity contribution < 1.29 is 4.79 Å². The molecule has 2 atom stereocenters. The number of aromatic nitrogens is 3. The van der Waals surface area contributed by atoms with E-state index in [9.17, 15) is 4.79 Å². The van der Waals surface area contributed by atoms with Crippen LogP contribution in [0, 0.1) is 5.92 Å². The fourth-order valence-electron chi connectivity index (χ4n) is 3.43. The van der Waals surface area contributed by atoms with E-state index in [-0.39, 0.29) is 11.8 Å². The van der Waals surface area contributed by atoms with Gasteiger partial charge in [-0.2, -0.15) is 4.98 Å². The lowest BCUT2D eigenvalue weighted by molar-refractivity contribution is -0.117. The molecule has 2 aliphatic rings. The number of nitrogens with one attached hydrogen (secondary N) is 1. The highest BCUT2D eigenvalue weighted by Crippen LogP contribution is 2.41. The molecule has 7 heteroatoms. The lowest BCUT2D eigenvalue weighted by Crippen LogP contribution is -2.33. The molecule has 0 spiro atoms. The third-order valence-corrected chi connectivity index (χ3v) is 5.26. The van der Waals surface area contributed by atoms with Crippen LogP contribution in [0.25, 0.3) is 0 Å². The monoisotopic (exact) mass is 360 g/mol. The zero-order chi connectivity index (χ0) is 16.8. The molecule has 1 aliphatic heterocycles. The highest BCUT2D eigenvalue weighted by Gasteiger charge is 2.38. The number of carbonyl (C=O) groups excluding carboxylic acids is 1. The van der Waals surface area contributed by atoms with Crippen LogP contribution in [0.1, 0.15) is 31.4 Å². The maximum absolute atomic E-state index is 12.8. The first-order valence-corrected chi connectivity index (χ1v) is 9.46. The van der Waals surface area contributed by atoms with Crippen molar-refractivity contribution in [2.75, 3.05) is 11.6 Å². The van der Waals surface area contributed by atoms with E-state index in [1.54, 1.807) is 0 Å². The first kappa shape index (κ1) is 15.7. The van der Waals surface area contributed by atoms with E-state index < -0.39 is 0 Å². The summed E-state index contributed by atoms with van der Waals surface area (Å²) in [4.78, 5) is 17.3. The summed E-state index contributed by atoms with van der Waals surface area (Å²) in [6.07, 6.45) is 3.37. The first-order valence-electron chi connectivity index (χ1n) is 7.86. The third kappa shape index (κ3) is 2.54. The topological polar surface area (TPSA) is 59.8 Å². The molecule has 124 valence electrons. The standard InChI is InChI=1S/C17H17ClN4OS/c1-9-7-12-14(13(23)8-9)15(10-3-5-11(18)6-4-10)22-16(19-12)20-17(21-22)24-2/h3-6,9,15H,7-8H2,1-2H3,(H,19,20,21)/t9-,15-/m0/s1. The molecule has 1 aliphatic carbocycles. The van der Waals surface area contributed by atoms with Crippen molar-refractivity contribution >= 4 is 35.1 Å². The molecule has 0 fully saturated rings. The average Bonchev–Trinajstić information content (AvgIpc) is 2.96. The van der Waals surface area contributed by atoms with Crippen LogP contribution in [0.15, 0.2) is 40.7 Å². The molecule has 0 bridgehead atoms. The Morgan fingerprint density at radius 2 is 2.04 bits per heavy atom. The van der Waals surface area contributed by atoms with Gasteiger partial charge in [0.25, 0.3) is 0 Å². The van der Waals surface area contributed by atoms with Crippen LogP contribution < -0.4 is 5.32 Å². The van der Waals surface area contributed by atoms with Gasteiger partial charge in [0.15, 0.2) is 5.78 Å². The Kier molecular flexibility index (Phi) is 3.89. The molecule has 0 radical (unpaired) electrons. The quantitative estimate of drug-likeness (QED) is 0.822. The number of Topliss-reactive ketones (excluding diaryl/α,β-unsaturated/α-hetero) is 1. The summed E-state index contributed by atoms with van der Waals surface area (Å²) in [5, 5.41) is 9.28. The van der Waals surface area contributed by atoms with Crippen molar-refractivity contribution in [2.45, 2.75) is 31.0 Å². The smallest absolute Gasteiger partial charge is 0.227 e. The highest BCUT2D eigenvalue weighted by molar-refractivity contribution is 7.98. The maximum Gasteiger partial charge on any atom is 0.227 e. The zero-order valence-corrected chi connectivity index (χ0v) is 15.0. The van der Waals surface area contributed by atoms with E-state index >= 15 is 0 Å². The van der Waals surface area contributed by atoms with Gasteiger partial charge in [-0.15, -0.1) is 5.10 Å². The van der Waals surface area contributed by atoms with Crippen LogP contribution in [0.2, 0.25) is 5.02 Å².